The second kappa shape index (κ2) is 6.26. The van der Waals surface area contributed by atoms with Crippen molar-refractivity contribution in [3.8, 4) is 6.07 Å². The number of carbonyl (C=O) groups excluding carboxylic acids is 1. The fourth-order valence-corrected chi connectivity index (χ4v) is 3.79. The molecule has 0 fully saturated rings. The fraction of sp³-hybridized carbons (Fsp3) is 0.250. The number of ketones is 1. The van der Waals surface area contributed by atoms with Gasteiger partial charge in [-0.25, -0.2) is 0 Å². The van der Waals surface area contributed by atoms with Gasteiger partial charge < -0.3 is 5.32 Å². The summed E-state index contributed by atoms with van der Waals surface area (Å²) in [5.41, 5.74) is 1.58. The number of nitro benzene ring substituents is 1. The average molecular weight is 327 g/mol. The molecule has 1 aliphatic carbocycles. The molecule has 0 saturated heterocycles. The van der Waals surface area contributed by atoms with Crippen molar-refractivity contribution in [2.75, 3.05) is 0 Å². The van der Waals surface area contributed by atoms with Gasteiger partial charge in [0.05, 0.1) is 9.83 Å². The topological polar surface area (TPSA) is 96.0 Å². The van der Waals surface area contributed by atoms with Gasteiger partial charge >= 0.3 is 0 Å². The second-order valence-corrected chi connectivity index (χ2v) is 6.39. The molecule has 1 aromatic rings. The van der Waals surface area contributed by atoms with E-state index in [1.165, 1.54) is 36.0 Å². The largest absolute Gasteiger partial charge is 0.349 e. The van der Waals surface area contributed by atoms with E-state index < -0.39 is 4.92 Å². The van der Waals surface area contributed by atoms with Crippen LogP contribution in [0.3, 0.4) is 0 Å². The van der Waals surface area contributed by atoms with Crippen molar-refractivity contribution in [1.29, 1.82) is 5.26 Å². The number of allylic oxidation sites excluding steroid dienone is 4. The van der Waals surface area contributed by atoms with E-state index in [0.29, 0.717) is 10.5 Å². The summed E-state index contributed by atoms with van der Waals surface area (Å²) in [6, 6.07) is 7.50. The van der Waals surface area contributed by atoms with Crippen LogP contribution in [0.4, 0.5) is 5.69 Å². The van der Waals surface area contributed by atoms with Gasteiger partial charge in [0, 0.05) is 28.3 Å². The quantitative estimate of drug-likeness (QED) is 0.517. The zero-order valence-corrected chi connectivity index (χ0v) is 13.0. The molecule has 0 atom stereocenters. The highest BCUT2D eigenvalue weighted by atomic mass is 32.2. The van der Waals surface area contributed by atoms with Gasteiger partial charge in [-0.05, 0) is 37.8 Å². The van der Waals surface area contributed by atoms with Crippen LogP contribution in [0.5, 0.6) is 0 Å². The Kier molecular flexibility index (Phi) is 4.17. The summed E-state index contributed by atoms with van der Waals surface area (Å²) in [4.78, 5) is 24.3. The van der Waals surface area contributed by atoms with Crippen LogP contribution in [0, 0.1) is 21.4 Å². The second-order valence-electron chi connectivity index (χ2n) is 5.28. The third-order valence-corrected chi connectivity index (χ3v) is 5.09. The van der Waals surface area contributed by atoms with Gasteiger partial charge in [0.25, 0.3) is 5.69 Å². The first-order valence-corrected chi connectivity index (χ1v) is 8.02. The van der Waals surface area contributed by atoms with Gasteiger partial charge in [-0.15, -0.1) is 0 Å². The number of non-ortho nitro benzene ring substituents is 1. The number of hydrogen-bond acceptors (Lipinski definition) is 6. The lowest BCUT2D eigenvalue weighted by molar-refractivity contribution is -0.384. The third-order valence-electron chi connectivity index (χ3n) is 3.80. The van der Waals surface area contributed by atoms with E-state index in [0.717, 1.165) is 36.3 Å². The van der Waals surface area contributed by atoms with Crippen molar-refractivity contribution in [2.24, 2.45) is 0 Å². The van der Waals surface area contributed by atoms with Gasteiger partial charge in [-0.3, -0.25) is 14.9 Å². The van der Waals surface area contributed by atoms with Crippen LogP contribution in [0.2, 0.25) is 0 Å². The summed E-state index contributed by atoms with van der Waals surface area (Å²) in [5.74, 6) is -0.286. The normalized spacial score (nSPS) is 17.2. The number of nitro groups is 1. The van der Waals surface area contributed by atoms with Crippen LogP contribution in [0.15, 0.2) is 45.5 Å². The third kappa shape index (κ3) is 2.98. The van der Waals surface area contributed by atoms with Crippen LogP contribution >= 0.6 is 11.8 Å². The van der Waals surface area contributed by atoms with Crippen LogP contribution in [0.25, 0.3) is 0 Å². The van der Waals surface area contributed by atoms with Gasteiger partial charge in [-0.2, -0.15) is 5.26 Å². The average Bonchev–Trinajstić information content (AvgIpc) is 2.60. The van der Waals surface area contributed by atoms with E-state index in [-0.39, 0.29) is 17.2 Å². The molecule has 0 radical (unpaired) electrons. The van der Waals surface area contributed by atoms with Crippen LogP contribution in [-0.4, -0.2) is 10.7 Å². The number of benzene rings is 1. The van der Waals surface area contributed by atoms with Crippen LogP contribution in [-0.2, 0) is 0 Å². The van der Waals surface area contributed by atoms with Gasteiger partial charge in [0.2, 0.25) is 5.78 Å². The summed E-state index contributed by atoms with van der Waals surface area (Å²) < 4.78 is 0. The first-order chi connectivity index (χ1) is 11.1. The fourth-order valence-electron chi connectivity index (χ4n) is 2.61. The van der Waals surface area contributed by atoms with Gasteiger partial charge in [0.1, 0.15) is 11.8 Å². The van der Waals surface area contributed by atoms with Crippen LogP contribution < -0.4 is 5.32 Å². The zero-order chi connectivity index (χ0) is 16.4. The minimum Gasteiger partial charge on any atom is -0.349 e. The first kappa shape index (κ1) is 15.3. The molecule has 116 valence electrons. The maximum absolute atomic E-state index is 12.7. The minimum atomic E-state index is -0.510. The molecular weight excluding hydrogens is 314 g/mol. The molecule has 1 N–H and O–H groups in total. The lowest BCUT2D eigenvalue weighted by atomic mass is 10.0. The first-order valence-electron chi connectivity index (χ1n) is 7.20. The van der Waals surface area contributed by atoms with Crippen LogP contribution in [0.1, 0.15) is 36.0 Å². The molecular formula is C16H13N3O3S. The van der Waals surface area contributed by atoms with E-state index in [1.54, 1.807) is 0 Å². The number of nitrogens with one attached hydrogen (secondary N) is 1. The molecule has 0 bridgehead atoms. The summed E-state index contributed by atoms with van der Waals surface area (Å²) in [5, 5.41) is 23.1. The Morgan fingerprint density at radius 2 is 1.96 bits per heavy atom. The Morgan fingerprint density at radius 1 is 1.26 bits per heavy atom. The molecule has 2 aliphatic rings. The van der Waals surface area contributed by atoms with E-state index in [2.05, 4.69) is 11.4 Å². The van der Waals surface area contributed by atoms with Crippen molar-refractivity contribution in [3.63, 3.8) is 0 Å². The van der Waals surface area contributed by atoms with E-state index >= 15 is 0 Å². The molecule has 1 aromatic carbocycles. The molecule has 1 heterocycles. The molecule has 0 unspecified atom stereocenters. The molecule has 7 heteroatoms. The summed E-state index contributed by atoms with van der Waals surface area (Å²) in [7, 11) is 0. The van der Waals surface area contributed by atoms with Crippen molar-refractivity contribution >= 4 is 23.2 Å². The van der Waals surface area contributed by atoms with Gasteiger partial charge in [-0.1, -0.05) is 11.8 Å². The SMILES string of the molecule is N#CC1=C(C(=O)c2ccc([N+](=O)[O-])cc2)SC2=C(CCCC2)N1. The maximum Gasteiger partial charge on any atom is 0.269 e. The maximum atomic E-state index is 12.7. The summed E-state index contributed by atoms with van der Waals surface area (Å²) in [6.45, 7) is 0. The monoisotopic (exact) mass is 327 g/mol. The Morgan fingerprint density at radius 3 is 2.61 bits per heavy atom. The molecule has 23 heavy (non-hydrogen) atoms. The van der Waals surface area contributed by atoms with Crippen molar-refractivity contribution < 1.29 is 9.72 Å². The van der Waals surface area contributed by atoms with E-state index in [9.17, 15) is 20.2 Å². The molecule has 0 spiro atoms. The molecule has 0 saturated carbocycles. The molecule has 1 aliphatic heterocycles. The lowest BCUT2D eigenvalue weighted by Gasteiger charge is -2.26. The number of thioether (sulfide) groups is 1. The van der Waals surface area contributed by atoms with Crippen molar-refractivity contribution in [3.05, 3.63) is 61.1 Å². The predicted octanol–water partition coefficient (Wildman–Crippen LogP) is 3.63. The number of nitrogens with zero attached hydrogens (tertiary/aromatic N) is 2. The van der Waals surface area contributed by atoms with E-state index in [4.69, 9.17) is 0 Å². The van der Waals surface area contributed by atoms with Crippen molar-refractivity contribution in [2.45, 2.75) is 25.7 Å². The molecule has 6 nitrogen and oxygen atoms in total. The standard InChI is InChI=1S/C16H13N3O3S/c17-9-13-16(23-14-4-2-1-3-12(14)18-13)15(20)10-5-7-11(8-6-10)19(21)22/h5-8,18H,1-4H2. The minimum absolute atomic E-state index is 0.0669. The number of carbonyl (C=O) groups is 1. The Balaban J connectivity index is 1.90. The summed E-state index contributed by atoms with van der Waals surface area (Å²) >= 11 is 1.35. The zero-order valence-electron chi connectivity index (χ0n) is 12.2. The number of nitriles is 1. The Labute approximate surface area is 137 Å². The molecule has 3 rings (SSSR count). The molecule has 0 aromatic heterocycles. The Hall–Kier alpha value is -2.59. The lowest BCUT2D eigenvalue weighted by Crippen LogP contribution is -2.23. The molecule has 0 amide bonds. The highest BCUT2D eigenvalue weighted by Gasteiger charge is 2.28. The highest BCUT2D eigenvalue weighted by molar-refractivity contribution is 8.07. The number of rotatable bonds is 3. The predicted molar refractivity (Wildman–Crippen MR) is 86.3 cm³/mol. The van der Waals surface area contributed by atoms with E-state index in [1.807, 2.05) is 0 Å². The number of hydrogen-bond donors (Lipinski definition) is 1. The number of Topliss-reactive ketones (excluding diaryl/α,β-unsaturated/α-hetero) is 1. The van der Waals surface area contributed by atoms with Crippen molar-refractivity contribution in [1.82, 2.24) is 5.32 Å². The highest BCUT2D eigenvalue weighted by Crippen LogP contribution is 2.41. The summed E-state index contributed by atoms with van der Waals surface area (Å²) in [6.07, 6.45) is 3.96. The Bertz CT molecular complexity index is 788. The smallest absolute Gasteiger partial charge is 0.269 e. The van der Waals surface area contributed by atoms with Gasteiger partial charge in [0.15, 0.2) is 0 Å².